The van der Waals surface area contributed by atoms with E-state index < -0.39 is 5.97 Å². The Labute approximate surface area is 119 Å². The molecule has 5 nitrogen and oxygen atoms in total. The summed E-state index contributed by atoms with van der Waals surface area (Å²) in [5.41, 5.74) is 3.28. The summed E-state index contributed by atoms with van der Waals surface area (Å²) in [6.07, 6.45) is 0. The lowest BCUT2D eigenvalue weighted by Gasteiger charge is -2.06. The van der Waals surface area contributed by atoms with Gasteiger partial charge in [0.15, 0.2) is 4.34 Å². The number of benzene rings is 1. The molecule has 0 aliphatic rings. The number of nitrogens with zero attached hydrogens (tertiary/aromatic N) is 2. The smallest absolute Gasteiger partial charge is 0.313 e. The molecule has 1 aromatic heterocycles. The fourth-order valence-electron chi connectivity index (χ4n) is 1.43. The minimum Gasteiger partial charge on any atom is -0.481 e. The Balaban J connectivity index is 2.07. The number of carbonyl (C=O) groups is 1. The number of aromatic nitrogens is 2. The van der Waals surface area contributed by atoms with Crippen molar-refractivity contribution >= 4 is 39.9 Å². The molecule has 0 saturated heterocycles. The molecule has 1 heterocycles. The van der Waals surface area contributed by atoms with Gasteiger partial charge in [-0.3, -0.25) is 4.79 Å². The third-order valence-corrected chi connectivity index (χ3v) is 4.32. The molecule has 0 unspecified atom stereocenters. The maximum atomic E-state index is 10.5. The van der Waals surface area contributed by atoms with E-state index in [2.05, 4.69) is 21.6 Å². The second kappa shape index (κ2) is 6.03. The van der Waals surface area contributed by atoms with Crippen LogP contribution in [0.1, 0.15) is 11.1 Å². The lowest BCUT2D eigenvalue weighted by Crippen LogP contribution is -1.96. The van der Waals surface area contributed by atoms with E-state index in [0.717, 1.165) is 16.8 Å². The molecule has 2 aromatic rings. The first-order valence-electron chi connectivity index (χ1n) is 5.57. The molecule has 100 valence electrons. The summed E-state index contributed by atoms with van der Waals surface area (Å²) >= 11 is 2.52. The molecule has 0 fully saturated rings. The van der Waals surface area contributed by atoms with Crippen molar-refractivity contribution in [2.75, 3.05) is 11.1 Å². The van der Waals surface area contributed by atoms with Gasteiger partial charge in [0.2, 0.25) is 5.13 Å². The van der Waals surface area contributed by atoms with Crippen molar-refractivity contribution in [3.05, 3.63) is 29.3 Å². The predicted octanol–water partition coefficient (Wildman–Crippen LogP) is 3.08. The maximum Gasteiger partial charge on any atom is 0.313 e. The molecule has 1 aromatic carbocycles. The molecule has 0 spiro atoms. The highest BCUT2D eigenvalue weighted by molar-refractivity contribution is 8.01. The summed E-state index contributed by atoms with van der Waals surface area (Å²) < 4.78 is 0.648. The lowest BCUT2D eigenvalue weighted by molar-refractivity contribution is -0.133. The van der Waals surface area contributed by atoms with Gasteiger partial charge in [-0.1, -0.05) is 35.2 Å². The van der Waals surface area contributed by atoms with Crippen LogP contribution in [-0.2, 0) is 4.79 Å². The average molecular weight is 295 g/mol. The van der Waals surface area contributed by atoms with Gasteiger partial charge >= 0.3 is 5.97 Å². The fraction of sp³-hybridized carbons (Fsp3) is 0.250. The van der Waals surface area contributed by atoms with E-state index in [1.807, 2.05) is 26.0 Å². The first kappa shape index (κ1) is 13.8. The van der Waals surface area contributed by atoms with Crippen molar-refractivity contribution in [3.63, 3.8) is 0 Å². The van der Waals surface area contributed by atoms with Crippen LogP contribution in [0.4, 0.5) is 10.8 Å². The van der Waals surface area contributed by atoms with Crippen LogP contribution in [0.5, 0.6) is 0 Å². The van der Waals surface area contributed by atoms with Crippen LogP contribution < -0.4 is 5.32 Å². The third kappa shape index (κ3) is 3.93. The molecule has 0 aliphatic heterocycles. The van der Waals surface area contributed by atoms with Crippen LogP contribution in [-0.4, -0.2) is 27.0 Å². The third-order valence-electron chi connectivity index (χ3n) is 2.36. The Bertz CT molecular complexity index is 598. The van der Waals surface area contributed by atoms with E-state index in [1.54, 1.807) is 0 Å². The molecule has 0 saturated carbocycles. The molecule has 0 radical (unpaired) electrons. The topological polar surface area (TPSA) is 75.1 Å². The quantitative estimate of drug-likeness (QED) is 0.826. The normalized spacial score (nSPS) is 10.4. The van der Waals surface area contributed by atoms with Crippen molar-refractivity contribution in [1.82, 2.24) is 10.2 Å². The molecule has 0 aliphatic carbocycles. The van der Waals surface area contributed by atoms with Gasteiger partial charge < -0.3 is 10.4 Å². The van der Waals surface area contributed by atoms with E-state index in [1.165, 1.54) is 23.1 Å². The summed E-state index contributed by atoms with van der Waals surface area (Å²) in [5, 5.41) is 20.4. The van der Waals surface area contributed by atoms with Crippen LogP contribution in [0, 0.1) is 13.8 Å². The maximum absolute atomic E-state index is 10.5. The number of carboxylic acids is 1. The van der Waals surface area contributed by atoms with Crippen LogP contribution in [0.25, 0.3) is 0 Å². The van der Waals surface area contributed by atoms with Crippen molar-refractivity contribution in [2.24, 2.45) is 0 Å². The zero-order chi connectivity index (χ0) is 13.8. The van der Waals surface area contributed by atoms with Gasteiger partial charge in [-0.2, -0.15) is 0 Å². The Kier molecular flexibility index (Phi) is 4.39. The molecule has 19 heavy (non-hydrogen) atoms. The minimum absolute atomic E-state index is 0.00188. The standard InChI is InChI=1S/C12H13N3O2S2/c1-7-3-4-8(2)9(5-7)13-11-14-15-12(19-11)18-6-10(16)17/h3-5H,6H2,1-2H3,(H,13,14)(H,16,17). The highest BCUT2D eigenvalue weighted by Crippen LogP contribution is 2.28. The second-order valence-corrected chi connectivity index (χ2v) is 6.20. The number of hydrogen-bond donors (Lipinski definition) is 2. The highest BCUT2D eigenvalue weighted by Gasteiger charge is 2.08. The Hall–Kier alpha value is -1.60. The van der Waals surface area contributed by atoms with Crippen LogP contribution >= 0.6 is 23.1 Å². The number of thioether (sulfide) groups is 1. The number of aryl methyl sites for hydroxylation is 2. The number of carboxylic acid groups (broad SMARTS) is 1. The molecule has 0 atom stereocenters. The molecule has 2 N–H and O–H groups in total. The van der Waals surface area contributed by atoms with Crippen molar-refractivity contribution < 1.29 is 9.90 Å². The molecule has 0 bridgehead atoms. The van der Waals surface area contributed by atoms with Crippen molar-refractivity contribution in [2.45, 2.75) is 18.2 Å². The molecular formula is C12H13N3O2S2. The Morgan fingerprint density at radius 2 is 2.21 bits per heavy atom. The van der Waals surface area contributed by atoms with Gasteiger partial charge in [0.05, 0.1) is 5.75 Å². The molecule has 2 rings (SSSR count). The highest BCUT2D eigenvalue weighted by atomic mass is 32.2. The average Bonchev–Trinajstić information content (AvgIpc) is 2.79. The van der Waals surface area contributed by atoms with Crippen molar-refractivity contribution in [3.8, 4) is 0 Å². The lowest BCUT2D eigenvalue weighted by atomic mass is 10.1. The van der Waals surface area contributed by atoms with E-state index >= 15 is 0 Å². The summed E-state index contributed by atoms with van der Waals surface area (Å²) in [4.78, 5) is 10.5. The van der Waals surface area contributed by atoms with Gasteiger partial charge in [-0.25, -0.2) is 0 Å². The fourth-order valence-corrected chi connectivity index (χ4v) is 2.91. The minimum atomic E-state index is -0.857. The second-order valence-electron chi connectivity index (χ2n) is 4.00. The molecule has 0 amide bonds. The predicted molar refractivity (Wildman–Crippen MR) is 77.5 cm³/mol. The SMILES string of the molecule is Cc1ccc(C)c(Nc2nnc(SCC(=O)O)s2)c1. The van der Waals surface area contributed by atoms with E-state index in [-0.39, 0.29) is 5.75 Å². The zero-order valence-corrected chi connectivity index (χ0v) is 12.1. The first-order chi connectivity index (χ1) is 9.04. The van der Waals surface area contributed by atoms with E-state index in [9.17, 15) is 4.79 Å². The van der Waals surface area contributed by atoms with Crippen molar-refractivity contribution in [1.29, 1.82) is 0 Å². The monoisotopic (exact) mass is 295 g/mol. The van der Waals surface area contributed by atoms with Gasteiger partial charge in [0.25, 0.3) is 0 Å². The summed E-state index contributed by atoms with van der Waals surface area (Å²) in [6, 6.07) is 6.13. The first-order valence-corrected chi connectivity index (χ1v) is 7.37. The molecule has 7 heteroatoms. The van der Waals surface area contributed by atoms with E-state index in [0.29, 0.717) is 9.47 Å². The van der Waals surface area contributed by atoms with Gasteiger partial charge in [0, 0.05) is 5.69 Å². The number of rotatable bonds is 5. The Morgan fingerprint density at radius 3 is 2.95 bits per heavy atom. The van der Waals surface area contributed by atoms with E-state index in [4.69, 9.17) is 5.11 Å². The van der Waals surface area contributed by atoms with Gasteiger partial charge in [-0.15, -0.1) is 10.2 Å². The Morgan fingerprint density at radius 1 is 1.42 bits per heavy atom. The number of hydrogen-bond acceptors (Lipinski definition) is 6. The number of aliphatic carboxylic acids is 1. The van der Waals surface area contributed by atoms with Crippen LogP contribution in [0.2, 0.25) is 0 Å². The summed E-state index contributed by atoms with van der Waals surface area (Å²) in [6.45, 7) is 4.04. The van der Waals surface area contributed by atoms with Crippen LogP contribution in [0.3, 0.4) is 0 Å². The van der Waals surface area contributed by atoms with Crippen LogP contribution in [0.15, 0.2) is 22.5 Å². The molecular weight excluding hydrogens is 282 g/mol. The number of nitrogens with one attached hydrogen (secondary N) is 1. The summed E-state index contributed by atoms with van der Waals surface area (Å²) in [7, 11) is 0. The largest absolute Gasteiger partial charge is 0.481 e. The number of anilines is 2. The summed E-state index contributed by atoms with van der Waals surface area (Å²) in [5.74, 6) is -0.859. The zero-order valence-electron chi connectivity index (χ0n) is 10.5. The van der Waals surface area contributed by atoms with Gasteiger partial charge in [-0.05, 0) is 31.0 Å². The van der Waals surface area contributed by atoms with Gasteiger partial charge in [0.1, 0.15) is 0 Å².